The highest BCUT2D eigenvalue weighted by atomic mass is 35.5. The van der Waals surface area contributed by atoms with Gasteiger partial charge in [-0.05, 0) is 31.5 Å². The minimum absolute atomic E-state index is 0.0479. The number of halogens is 2. The first-order chi connectivity index (χ1) is 7.04. The number of hydrogen-bond donors (Lipinski definition) is 2. The molecule has 0 aromatic heterocycles. The summed E-state index contributed by atoms with van der Waals surface area (Å²) in [6.45, 7) is 4.02. The highest BCUT2D eigenvalue weighted by Gasteiger charge is 2.11. The second kappa shape index (κ2) is 5.71. The zero-order valence-corrected chi connectivity index (χ0v) is 10.3. The van der Waals surface area contributed by atoms with E-state index in [4.69, 9.17) is 28.3 Å². The normalized spacial score (nSPS) is 15.0. The van der Waals surface area contributed by atoms with Crippen LogP contribution in [0.5, 0.6) is 0 Å². The van der Waals surface area contributed by atoms with Gasteiger partial charge in [-0.15, -0.1) is 0 Å². The van der Waals surface area contributed by atoms with Gasteiger partial charge in [0.15, 0.2) is 0 Å². The molecule has 2 atom stereocenters. The van der Waals surface area contributed by atoms with Gasteiger partial charge in [0.1, 0.15) is 0 Å². The Bertz CT molecular complexity index is 330. The van der Waals surface area contributed by atoms with Gasteiger partial charge in [-0.1, -0.05) is 29.3 Å². The van der Waals surface area contributed by atoms with Gasteiger partial charge in [0.25, 0.3) is 0 Å². The Hall–Kier alpha value is -0.280. The number of benzene rings is 1. The van der Waals surface area contributed by atoms with Crippen LogP contribution in [-0.4, -0.2) is 17.8 Å². The molecule has 15 heavy (non-hydrogen) atoms. The SMILES string of the molecule is CC(CO)NC(C)c1ccc(Cl)cc1Cl. The van der Waals surface area contributed by atoms with Gasteiger partial charge in [0, 0.05) is 22.1 Å². The van der Waals surface area contributed by atoms with Crippen LogP contribution in [0.15, 0.2) is 18.2 Å². The predicted octanol–water partition coefficient (Wildman–Crippen LogP) is 3.02. The number of hydrogen-bond acceptors (Lipinski definition) is 2. The lowest BCUT2D eigenvalue weighted by Crippen LogP contribution is -2.31. The second-order valence-electron chi connectivity index (χ2n) is 3.64. The third-order valence-corrected chi connectivity index (χ3v) is 2.80. The van der Waals surface area contributed by atoms with E-state index in [0.29, 0.717) is 10.0 Å². The van der Waals surface area contributed by atoms with Crippen LogP contribution >= 0.6 is 23.2 Å². The fourth-order valence-corrected chi connectivity index (χ4v) is 1.99. The summed E-state index contributed by atoms with van der Waals surface area (Å²) in [5, 5.41) is 13.4. The monoisotopic (exact) mass is 247 g/mol. The molecular weight excluding hydrogens is 233 g/mol. The van der Waals surface area contributed by atoms with Crippen molar-refractivity contribution in [3.63, 3.8) is 0 Å². The Morgan fingerprint density at radius 1 is 1.33 bits per heavy atom. The summed E-state index contributed by atoms with van der Waals surface area (Å²) < 4.78 is 0. The quantitative estimate of drug-likeness (QED) is 0.858. The van der Waals surface area contributed by atoms with Gasteiger partial charge >= 0.3 is 0 Å². The van der Waals surface area contributed by atoms with E-state index < -0.39 is 0 Å². The van der Waals surface area contributed by atoms with Crippen LogP contribution in [0.1, 0.15) is 25.5 Å². The van der Waals surface area contributed by atoms with Crippen molar-refractivity contribution in [3.8, 4) is 0 Å². The highest BCUT2D eigenvalue weighted by Crippen LogP contribution is 2.26. The van der Waals surface area contributed by atoms with Gasteiger partial charge < -0.3 is 10.4 Å². The average Bonchev–Trinajstić information content (AvgIpc) is 2.17. The first kappa shape index (κ1) is 12.8. The van der Waals surface area contributed by atoms with Crippen molar-refractivity contribution in [3.05, 3.63) is 33.8 Å². The summed E-state index contributed by atoms with van der Waals surface area (Å²) in [5.74, 6) is 0. The molecule has 0 amide bonds. The molecule has 2 N–H and O–H groups in total. The molecule has 0 aliphatic carbocycles. The molecule has 0 heterocycles. The van der Waals surface area contributed by atoms with Crippen molar-refractivity contribution in [2.24, 2.45) is 0 Å². The summed E-state index contributed by atoms with van der Waals surface area (Å²) >= 11 is 11.9. The van der Waals surface area contributed by atoms with E-state index in [-0.39, 0.29) is 18.7 Å². The lowest BCUT2D eigenvalue weighted by Gasteiger charge is -2.19. The number of rotatable bonds is 4. The zero-order valence-electron chi connectivity index (χ0n) is 8.80. The molecule has 1 aromatic carbocycles. The lowest BCUT2D eigenvalue weighted by atomic mass is 10.1. The molecule has 1 rings (SSSR count). The first-order valence-corrected chi connectivity index (χ1v) is 5.62. The first-order valence-electron chi connectivity index (χ1n) is 4.86. The number of aliphatic hydroxyl groups is 1. The number of nitrogens with one attached hydrogen (secondary N) is 1. The largest absolute Gasteiger partial charge is 0.395 e. The van der Waals surface area contributed by atoms with E-state index in [1.54, 1.807) is 6.07 Å². The summed E-state index contributed by atoms with van der Waals surface area (Å²) in [7, 11) is 0. The fourth-order valence-electron chi connectivity index (χ4n) is 1.42. The molecule has 84 valence electrons. The van der Waals surface area contributed by atoms with E-state index in [2.05, 4.69) is 5.32 Å². The standard InChI is InChI=1S/C11H15Cl2NO/c1-7(6-15)14-8(2)10-4-3-9(12)5-11(10)13/h3-5,7-8,14-15H,6H2,1-2H3. The Kier molecular flexibility index (Phi) is 4.87. The van der Waals surface area contributed by atoms with Crippen molar-refractivity contribution < 1.29 is 5.11 Å². The van der Waals surface area contributed by atoms with Crippen molar-refractivity contribution >= 4 is 23.2 Å². The molecule has 0 aliphatic heterocycles. The van der Waals surface area contributed by atoms with Gasteiger partial charge in [-0.2, -0.15) is 0 Å². The molecule has 0 saturated carbocycles. The molecule has 0 bridgehead atoms. The van der Waals surface area contributed by atoms with Crippen LogP contribution < -0.4 is 5.32 Å². The summed E-state index contributed by atoms with van der Waals surface area (Å²) in [6, 6.07) is 5.57. The Balaban J connectivity index is 2.77. The third kappa shape index (κ3) is 3.65. The van der Waals surface area contributed by atoms with Crippen LogP contribution in [0, 0.1) is 0 Å². The minimum Gasteiger partial charge on any atom is -0.395 e. The summed E-state index contributed by atoms with van der Waals surface area (Å²) in [6.07, 6.45) is 0. The Morgan fingerprint density at radius 3 is 2.53 bits per heavy atom. The van der Waals surface area contributed by atoms with Crippen molar-refractivity contribution in [2.45, 2.75) is 25.9 Å². The molecule has 0 aliphatic rings. The van der Waals surface area contributed by atoms with Crippen LogP contribution in [0.2, 0.25) is 10.0 Å². The fraction of sp³-hybridized carbons (Fsp3) is 0.455. The average molecular weight is 248 g/mol. The van der Waals surface area contributed by atoms with Crippen LogP contribution in [0.25, 0.3) is 0 Å². The maximum Gasteiger partial charge on any atom is 0.0582 e. The molecule has 0 fully saturated rings. The van der Waals surface area contributed by atoms with Crippen LogP contribution in [-0.2, 0) is 0 Å². The Morgan fingerprint density at radius 2 is 2.00 bits per heavy atom. The summed E-state index contributed by atoms with van der Waals surface area (Å²) in [5.41, 5.74) is 0.987. The molecule has 2 unspecified atom stereocenters. The number of aliphatic hydroxyl groups excluding tert-OH is 1. The van der Waals surface area contributed by atoms with Crippen molar-refractivity contribution in [1.82, 2.24) is 5.32 Å². The maximum absolute atomic E-state index is 8.93. The molecule has 0 spiro atoms. The molecular formula is C11H15Cl2NO. The topological polar surface area (TPSA) is 32.3 Å². The van der Waals surface area contributed by atoms with Gasteiger partial charge in [0.2, 0.25) is 0 Å². The zero-order chi connectivity index (χ0) is 11.4. The van der Waals surface area contributed by atoms with E-state index in [0.717, 1.165) is 5.56 Å². The third-order valence-electron chi connectivity index (χ3n) is 2.24. The molecule has 1 aromatic rings. The van der Waals surface area contributed by atoms with Crippen LogP contribution in [0.3, 0.4) is 0 Å². The molecule has 4 heteroatoms. The lowest BCUT2D eigenvalue weighted by molar-refractivity contribution is 0.243. The molecule has 2 nitrogen and oxygen atoms in total. The van der Waals surface area contributed by atoms with E-state index >= 15 is 0 Å². The Labute approximate surface area is 100 Å². The minimum atomic E-state index is 0.0479. The maximum atomic E-state index is 8.93. The van der Waals surface area contributed by atoms with Crippen molar-refractivity contribution in [2.75, 3.05) is 6.61 Å². The van der Waals surface area contributed by atoms with Crippen molar-refractivity contribution in [1.29, 1.82) is 0 Å². The van der Waals surface area contributed by atoms with Gasteiger partial charge in [-0.25, -0.2) is 0 Å². The second-order valence-corrected chi connectivity index (χ2v) is 4.48. The van der Waals surface area contributed by atoms with E-state index in [9.17, 15) is 0 Å². The van der Waals surface area contributed by atoms with Gasteiger partial charge in [0.05, 0.1) is 6.61 Å². The van der Waals surface area contributed by atoms with Crippen LogP contribution in [0.4, 0.5) is 0 Å². The molecule has 0 saturated heterocycles. The molecule has 0 radical (unpaired) electrons. The van der Waals surface area contributed by atoms with Gasteiger partial charge in [-0.3, -0.25) is 0 Å². The predicted molar refractivity (Wildman–Crippen MR) is 64.6 cm³/mol. The summed E-state index contributed by atoms with van der Waals surface area (Å²) in [4.78, 5) is 0. The highest BCUT2D eigenvalue weighted by molar-refractivity contribution is 6.35. The smallest absolute Gasteiger partial charge is 0.0582 e. The van der Waals surface area contributed by atoms with E-state index in [1.807, 2.05) is 26.0 Å². The van der Waals surface area contributed by atoms with E-state index in [1.165, 1.54) is 0 Å².